The first kappa shape index (κ1) is 19.2. The first-order valence-electron chi connectivity index (χ1n) is 11.7. The summed E-state index contributed by atoms with van der Waals surface area (Å²) in [5, 5.41) is 0. The molecule has 5 aliphatic rings. The summed E-state index contributed by atoms with van der Waals surface area (Å²) in [6, 6.07) is 18.6. The van der Waals surface area contributed by atoms with Gasteiger partial charge in [-0.1, -0.05) is 56.3 Å². The molecule has 4 saturated heterocycles. The van der Waals surface area contributed by atoms with Gasteiger partial charge < -0.3 is 0 Å². The summed E-state index contributed by atoms with van der Waals surface area (Å²) in [6.45, 7) is 8.05. The zero-order valence-corrected chi connectivity index (χ0v) is 18.4. The molecule has 31 heavy (non-hydrogen) atoms. The fourth-order valence-electron chi connectivity index (χ4n) is 7.43. The first-order chi connectivity index (χ1) is 15.0. The van der Waals surface area contributed by atoms with E-state index in [0.29, 0.717) is 12.3 Å². The maximum absolute atomic E-state index is 14.3. The second-order valence-corrected chi connectivity index (χ2v) is 10.2. The highest BCUT2D eigenvalue weighted by molar-refractivity contribution is 6.06. The summed E-state index contributed by atoms with van der Waals surface area (Å²) in [4.78, 5) is 32.6. The van der Waals surface area contributed by atoms with Gasteiger partial charge in [0.15, 0.2) is 5.78 Å². The number of Topliss-reactive ketones (excluding diaryl/α,β-unsaturated/α-hetero) is 1. The summed E-state index contributed by atoms with van der Waals surface area (Å²) in [6.07, 6.45) is 1.75. The number of nitrogens with zero attached hydrogens (tertiary/aromatic N) is 1. The fourth-order valence-corrected chi connectivity index (χ4v) is 7.43. The second-order valence-electron chi connectivity index (χ2n) is 10.2. The van der Waals surface area contributed by atoms with Gasteiger partial charge in [0.05, 0.1) is 12.2 Å². The van der Waals surface area contributed by atoms with Gasteiger partial charge in [0.2, 0.25) is 0 Å². The largest absolute Gasteiger partial charge is 0.354 e. The number of carbonyl (C=O) groups excluding carboxylic acids is 2. The maximum atomic E-state index is 14.3. The fraction of sp³-hybridized carbons (Fsp3) is 0.462. The number of hydrogen-bond donors (Lipinski definition) is 2. The molecule has 5 heteroatoms. The van der Waals surface area contributed by atoms with Crippen LogP contribution in [-0.4, -0.2) is 37.9 Å². The van der Waals surface area contributed by atoms with E-state index in [9.17, 15) is 9.59 Å². The number of benzene rings is 2. The minimum Gasteiger partial charge on any atom is -0.297 e. The second kappa shape index (κ2) is 6.27. The Kier molecular flexibility index (Phi) is 3.88. The SMILES string of the molecule is CCC12C[NH+]3CC(CC)(C[NH+](C1)C31C(=O)N(Cc3ccccc3)c3ccccc31)C2=O. The number of ketones is 1. The standard InChI is InChI=1S/C26H29N3O2/c1-3-24-15-27-17-25(4-2,22(24)30)18-28(16-24)26(27)20-12-8-9-13-21(20)29(23(26)31)14-19-10-6-5-7-11-19/h5-13H,3-4,14-18H2,1-2H3/p+2. The van der Waals surface area contributed by atoms with Crippen molar-refractivity contribution in [3.63, 3.8) is 0 Å². The van der Waals surface area contributed by atoms with E-state index in [1.807, 2.05) is 29.2 Å². The number of nitrogens with one attached hydrogen (secondary N) is 2. The van der Waals surface area contributed by atoms with Crippen LogP contribution in [0.5, 0.6) is 0 Å². The van der Waals surface area contributed by atoms with Crippen LogP contribution >= 0.6 is 0 Å². The van der Waals surface area contributed by atoms with Gasteiger partial charge in [-0.2, -0.15) is 0 Å². The van der Waals surface area contributed by atoms with Gasteiger partial charge in [0.1, 0.15) is 42.6 Å². The molecular formula is C26H31N3O2+2. The third kappa shape index (κ3) is 2.18. The van der Waals surface area contributed by atoms with Gasteiger partial charge in [-0.05, 0) is 30.5 Å². The van der Waals surface area contributed by atoms with E-state index < -0.39 is 5.66 Å². The molecule has 2 aromatic carbocycles. The number of rotatable bonds is 4. The Morgan fingerprint density at radius 2 is 1.35 bits per heavy atom. The van der Waals surface area contributed by atoms with Crippen LogP contribution in [0, 0.1) is 10.8 Å². The summed E-state index contributed by atoms with van der Waals surface area (Å²) < 4.78 is 0. The Balaban J connectivity index is 1.49. The van der Waals surface area contributed by atoms with E-state index in [4.69, 9.17) is 0 Å². The summed E-state index contributed by atoms with van der Waals surface area (Å²) in [5.41, 5.74) is 2.20. The highest BCUT2D eigenvalue weighted by atomic mass is 16.2. The number of piperidine rings is 2. The minimum atomic E-state index is -0.608. The molecule has 5 nitrogen and oxygen atoms in total. The molecule has 2 aromatic rings. The highest BCUT2D eigenvalue weighted by Crippen LogP contribution is 2.45. The predicted octanol–water partition coefficient (Wildman–Crippen LogP) is 0.559. The Morgan fingerprint density at radius 1 is 0.806 bits per heavy atom. The third-order valence-electron chi connectivity index (χ3n) is 8.93. The molecule has 4 fully saturated rings. The van der Waals surface area contributed by atoms with E-state index in [1.54, 1.807) is 0 Å². The molecule has 1 spiro atoms. The normalized spacial score (nSPS) is 37.7. The molecule has 2 N–H and O–H groups in total. The maximum Gasteiger partial charge on any atom is 0.354 e. The van der Waals surface area contributed by atoms with Crippen LogP contribution < -0.4 is 14.7 Å². The number of hydrogen-bond acceptors (Lipinski definition) is 2. The van der Waals surface area contributed by atoms with Gasteiger partial charge in [-0.3, -0.25) is 24.3 Å². The number of fused-ring (bicyclic) bond motifs is 1. The van der Waals surface area contributed by atoms with Crippen LogP contribution in [0.3, 0.4) is 0 Å². The predicted molar refractivity (Wildman–Crippen MR) is 118 cm³/mol. The Hall–Kier alpha value is -2.50. The number of quaternary nitrogens is 2. The molecule has 5 aliphatic heterocycles. The van der Waals surface area contributed by atoms with E-state index in [2.05, 4.69) is 44.2 Å². The molecule has 0 saturated carbocycles. The van der Waals surface area contributed by atoms with Crippen molar-refractivity contribution < 1.29 is 19.4 Å². The van der Waals surface area contributed by atoms with Gasteiger partial charge in [0.25, 0.3) is 0 Å². The van der Waals surface area contributed by atoms with Gasteiger partial charge in [-0.25, -0.2) is 0 Å². The van der Waals surface area contributed by atoms with Crippen molar-refractivity contribution in [1.82, 2.24) is 0 Å². The van der Waals surface area contributed by atoms with Crippen molar-refractivity contribution in [2.75, 3.05) is 31.1 Å². The number of amides is 1. The molecule has 0 unspecified atom stereocenters. The Labute approximate surface area is 183 Å². The van der Waals surface area contributed by atoms with E-state index >= 15 is 0 Å². The van der Waals surface area contributed by atoms with E-state index in [0.717, 1.165) is 55.8 Å². The lowest BCUT2D eigenvalue weighted by Crippen LogP contribution is -3.49. The van der Waals surface area contributed by atoms with Crippen molar-refractivity contribution in [1.29, 1.82) is 0 Å². The lowest BCUT2D eigenvalue weighted by Gasteiger charge is -2.63. The molecule has 0 aliphatic carbocycles. The first-order valence-corrected chi connectivity index (χ1v) is 11.7. The lowest BCUT2D eigenvalue weighted by molar-refractivity contribution is -1.20. The van der Waals surface area contributed by atoms with Crippen LogP contribution in [0.25, 0.3) is 0 Å². The Morgan fingerprint density at radius 3 is 1.94 bits per heavy atom. The van der Waals surface area contributed by atoms with Crippen LogP contribution in [0.2, 0.25) is 0 Å². The lowest BCUT2D eigenvalue weighted by atomic mass is 9.57. The molecule has 7 rings (SSSR count). The number of anilines is 1. The number of carbonyl (C=O) groups is 2. The van der Waals surface area contributed by atoms with E-state index in [1.165, 1.54) is 9.80 Å². The van der Waals surface area contributed by atoms with Crippen LogP contribution in [0.1, 0.15) is 37.8 Å². The van der Waals surface area contributed by atoms with Gasteiger partial charge >= 0.3 is 11.6 Å². The van der Waals surface area contributed by atoms with Gasteiger partial charge in [0, 0.05) is 0 Å². The average Bonchev–Trinajstić information content (AvgIpc) is 3.03. The molecule has 0 radical (unpaired) electrons. The third-order valence-corrected chi connectivity index (χ3v) is 8.93. The zero-order chi connectivity index (χ0) is 21.4. The van der Waals surface area contributed by atoms with Crippen LogP contribution in [0.4, 0.5) is 5.69 Å². The van der Waals surface area contributed by atoms with Gasteiger partial charge in [-0.15, -0.1) is 0 Å². The molecular weight excluding hydrogens is 386 g/mol. The number of para-hydroxylation sites is 1. The van der Waals surface area contributed by atoms with Crippen LogP contribution in [-0.2, 0) is 21.8 Å². The molecule has 160 valence electrons. The highest BCUT2D eigenvalue weighted by Gasteiger charge is 2.80. The molecule has 0 atom stereocenters. The van der Waals surface area contributed by atoms with Crippen molar-refractivity contribution in [2.45, 2.75) is 38.9 Å². The van der Waals surface area contributed by atoms with Crippen molar-refractivity contribution >= 4 is 17.4 Å². The molecule has 4 bridgehead atoms. The van der Waals surface area contributed by atoms with Crippen molar-refractivity contribution in [2.24, 2.45) is 10.8 Å². The summed E-state index contributed by atoms with van der Waals surface area (Å²) >= 11 is 0. The molecule has 5 heterocycles. The minimum absolute atomic E-state index is 0.214. The molecule has 0 aromatic heterocycles. The van der Waals surface area contributed by atoms with Crippen molar-refractivity contribution in [3.05, 3.63) is 65.7 Å². The topological polar surface area (TPSA) is 46.3 Å². The summed E-state index contributed by atoms with van der Waals surface area (Å²) in [5.74, 6) is 0.693. The molecule has 1 amide bonds. The monoisotopic (exact) mass is 417 g/mol. The quantitative estimate of drug-likeness (QED) is 0.764. The average molecular weight is 418 g/mol. The smallest absolute Gasteiger partial charge is 0.297 e. The summed E-state index contributed by atoms with van der Waals surface area (Å²) in [7, 11) is 0. The Bertz CT molecular complexity index is 1040. The van der Waals surface area contributed by atoms with Crippen molar-refractivity contribution in [3.8, 4) is 0 Å². The van der Waals surface area contributed by atoms with Crippen LogP contribution in [0.15, 0.2) is 54.6 Å². The van der Waals surface area contributed by atoms with E-state index in [-0.39, 0.29) is 16.7 Å². The zero-order valence-electron chi connectivity index (χ0n) is 18.4.